The Bertz CT molecular complexity index is 1230. The average molecular weight is 487 g/mol. The van der Waals surface area contributed by atoms with Crippen molar-refractivity contribution in [3.05, 3.63) is 81.9 Å². The summed E-state index contributed by atoms with van der Waals surface area (Å²) in [4.78, 5) is 13.5. The van der Waals surface area contributed by atoms with Gasteiger partial charge in [0.25, 0.3) is 0 Å². The summed E-state index contributed by atoms with van der Waals surface area (Å²) >= 11 is 18.8. The van der Waals surface area contributed by atoms with Crippen LogP contribution in [0.1, 0.15) is 13.8 Å². The van der Waals surface area contributed by atoms with Gasteiger partial charge in [-0.3, -0.25) is 0 Å². The minimum Gasteiger partial charge on any atom is -0.461 e. The molecule has 162 valence electrons. The summed E-state index contributed by atoms with van der Waals surface area (Å²) in [5, 5.41) is 1.56. The molecule has 0 aliphatic rings. The Kier molecular flexibility index (Phi) is 6.80. The molecular weight excluding hydrogens is 469 g/mol. The summed E-state index contributed by atoms with van der Waals surface area (Å²) < 4.78 is 11.9. The summed E-state index contributed by atoms with van der Waals surface area (Å²) in [6.45, 7) is 3.79. The fourth-order valence-electron chi connectivity index (χ4n) is 3.02. The molecule has 0 aliphatic heterocycles. The number of halogens is 3. The van der Waals surface area contributed by atoms with Gasteiger partial charge in [0.15, 0.2) is 0 Å². The van der Waals surface area contributed by atoms with Crippen LogP contribution in [-0.2, 0) is 0 Å². The van der Waals surface area contributed by atoms with Crippen molar-refractivity contribution < 1.29 is 9.47 Å². The van der Waals surface area contributed by atoms with Gasteiger partial charge in [-0.1, -0.05) is 53.0 Å². The SMILES string of the molecule is CC(C)Oc1nc(Oc2ccccn2)c(-c2ccc(Cl)cc2)c(-c2ccc(Cl)cc2Cl)n1. The van der Waals surface area contributed by atoms with Crippen LogP contribution < -0.4 is 9.47 Å². The van der Waals surface area contributed by atoms with Crippen molar-refractivity contribution in [1.82, 2.24) is 15.0 Å². The van der Waals surface area contributed by atoms with Crippen molar-refractivity contribution in [1.29, 1.82) is 0 Å². The Balaban J connectivity index is 2.00. The van der Waals surface area contributed by atoms with Crippen LogP contribution in [0.2, 0.25) is 15.1 Å². The van der Waals surface area contributed by atoms with Gasteiger partial charge in [0.05, 0.1) is 22.4 Å². The van der Waals surface area contributed by atoms with Crippen LogP contribution in [0.3, 0.4) is 0 Å². The zero-order chi connectivity index (χ0) is 22.7. The maximum Gasteiger partial charge on any atom is 0.320 e. The molecule has 8 heteroatoms. The lowest BCUT2D eigenvalue weighted by atomic mass is 10.00. The normalized spacial score (nSPS) is 10.9. The van der Waals surface area contributed by atoms with E-state index in [1.807, 2.05) is 32.0 Å². The van der Waals surface area contributed by atoms with Crippen LogP contribution in [-0.4, -0.2) is 21.1 Å². The van der Waals surface area contributed by atoms with Crippen molar-refractivity contribution in [2.75, 3.05) is 0 Å². The van der Waals surface area contributed by atoms with E-state index in [4.69, 9.17) is 44.3 Å². The van der Waals surface area contributed by atoms with Crippen LogP contribution >= 0.6 is 34.8 Å². The molecule has 0 aliphatic carbocycles. The van der Waals surface area contributed by atoms with Crippen molar-refractivity contribution in [2.45, 2.75) is 20.0 Å². The number of ether oxygens (including phenoxy) is 2. The van der Waals surface area contributed by atoms with E-state index < -0.39 is 0 Å². The molecule has 0 spiro atoms. The average Bonchev–Trinajstić information content (AvgIpc) is 2.75. The highest BCUT2D eigenvalue weighted by molar-refractivity contribution is 6.36. The first-order valence-corrected chi connectivity index (χ1v) is 10.9. The maximum atomic E-state index is 6.56. The third-order valence-corrected chi connectivity index (χ3v) is 5.15. The molecule has 0 saturated heterocycles. The Morgan fingerprint density at radius 2 is 1.59 bits per heavy atom. The Morgan fingerprint density at radius 3 is 2.25 bits per heavy atom. The molecule has 2 aromatic carbocycles. The van der Waals surface area contributed by atoms with Gasteiger partial charge >= 0.3 is 6.01 Å². The molecule has 2 heterocycles. The number of hydrogen-bond acceptors (Lipinski definition) is 5. The highest BCUT2D eigenvalue weighted by atomic mass is 35.5. The second-order valence-corrected chi connectivity index (χ2v) is 8.38. The molecule has 5 nitrogen and oxygen atoms in total. The largest absolute Gasteiger partial charge is 0.461 e. The van der Waals surface area contributed by atoms with Gasteiger partial charge in [-0.25, -0.2) is 4.98 Å². The van der Waals surface area contributed by atoms with Crippen LogP contribution in [0, 0.1) is 0 Å². The molecule has 32 heavy (non-hydrogen) atoms. The van der Waals surface area contributed by atoms with E-state index in [0.717, 1.165) is 5.56 Å². The molecule has 4 rings (SSSR count). The minimum absolute atomic E-state index is 0.146. The van der Waals surface area contributed by atoms with Crippen LogP contribution in [0.4, 0.5) is 0 Å². The molecule has 0 bridgehead atoms. The number of hydrogen-bond donors (Lipinski definition) is 0. The van der Waals surface area contributed by atoms with E-state index in [9.17, 15) is 0 Å². The Morgan fingerprint density at radius 1 is 0.844 bits per heavy atom. The number of rotatable bonds is 6. The third-order valence-electron chi connectivity index (χ3n) is 4.35. The third kappa shape index (κ3) is 5.13. The standard InChI is InChI=1S/C24H18Cl3N3O2/c1-14(2)31-24-29-22(18-11-10-17(26)13-19(18)27)21(15-6-8-16(25)9-7-15)23(30-24)32-20-5-3-4-12-28-20/h3-14H,1-2H3. The highest BCUT2D eigenvalue weighted by Crippen LogP contribution is 2.42. The summed E-state index contributed by atoms with van der Waals surface area (Å²) in [7, 11) is 0. The maximum absolute atomic E-state index is 6.56. The number of nitrogens with zero attached hydrogens (tertiary/aromatic N) is 3. The quantitative estimate of drug-likeness (QED) is 0.279. The smallest absolute Gasteiger partial charge is 0.320 e. The predicted octanol–water partition coefficient (Wildman–Crippen LogP) is 7.75. The van der Waals surface area contributed by atoms with E-state index >= 15 is 0 Å². The second kappa shape index (κ2) is 9.74. The van der Waals surface area contributed by atoms with Gasteiger partial charge in [-0.05, 0) is 55.8 Å². The molecule has 4 aromatic rings. The first-order chi connectivity index (χ1) is 15.4. The number of aromatic nitrogens is 3. The number of pyridine rings is 1. The topological polar surface area (TPSA) is 57.1 Å². The second-order valence-electron chi connectivity index (χ2n) is 7.10. The lowest BCUT2D eigenvalue weighted by molar-refractivity contribution is 0.220. The van der Waals surface area contributed by atoms with Crippen molar-refractivity contribution in [3.8, 4) is 40.2 Å². The summed E-state index contributed by atoms with van der Waals surface area (Å²) in [6.07, 6.45) is 1.49. The molecule has 0 N–H and O–H groups in total. The van der Waals surface area contributed by atoms with E-state index in [2.05, 4.69) is 15.0 Å². The molecule has 0 atom stereocenters. The van der Waals surface area contributed by atoms with E-state index in [0.29, 0.717) is 37.8 Å². The van der Waals surface area contributed by atoms with Crippen LogP contribution in [0.5, 0.6) is 17.8 Å². The highest BCUT2D eigenvalue weighted by Gasteiger charge is 2.23. The molecule has 0 fully saturated rings. The van der Waals surface area contributed by atoms with Gasteiger partial charge < -0.3 is 9.47 Å². The monoisotopic (exact) mass is 485 g/mol. The summed E-state index contributed by atoms with van der Waals surface area (Å²) in [6, 6.07) is 18.0. The van der Waals surface area contributed by atoms with Crippen molar-refractivity contribution in [3.63, 3.8) is 0 Å². The van der Waals surface area contributed by atoms with Gasteiger partial charge in [0.1, 0.15) is 0 Å². The van der Waals surface area contributed by atoms with E-state index in [1.54, 1.807) is 48.7 Å². The number of benzene rings is 2. The predicted molar refractivity (Wildman–Crippen MR) is 128 cm³/mol. The van der Waals surface area contributed by atoms with Gasteiger partial charge in [0.2, 0.25) is 11.8 Å². The first kappa shape index (κ1) is 22.3. The minimum atomic E-state index is -0.146. The van der Waals surface area contributed by atoms with Crippen LogP contribution in [0.15, 0.2) is 66.9 Å². The first-order valence-electron chi connectivity index (χ1n) is 9.79. The fourth-order valence-corrected chi connectivity index (χ4v) is 3.64. The molecule has 0 radical (unpaired) electrons. The molecular formula is C24H18Cl3N3O2. The van der Waals surface area contributed by atoms with E-state index in [1.165, 1.54) is 0 Å². The molecule has 0 saturated carbocycles. The lowest BCUT2D eigenvalue weighted by Crippen LogP contribution is -2.10. The van der Waals surface area contributed by atoms with Crippen LogP contribution in [0.25, 0.3) is 22.4 Å². The van der Waals surface area contributed by atoms with Gasteiger partial charge in [-0.15, -0.1) is 0 Å². The Labute approximate surface area is 200 Å². The van der Waals surface area contributed by atoms with Crippen molar-refractivity contribution in [2.24, 2.45) is 0 Å². The molecule has 0 amide bonds. The van der Waals surface area contributed by atoms with E-state index in [-0.39, 0.29) is 18.0 Å². The molecule has 2 aromatic heterocycles. The zero-order valence-electron chi connectivity index (χ0n) is 17.2. The van der Waals surface area contributed by atoms with Gasteiger partial charge in [0, 0.05) is 27.9 Å². The molecule has 0 unspecified atom stereocenters. The summed E-state index contributed by atoms with van der Waals surface area (Å²) in [5.74, 6) is 0.655. The Hall–Kier alpha value is -2.86. The zero-order valence-corrected chi connectivity index (χ0v) is 19.5. The summed E-state index contributed by atoms with van der Waals surface area (Å²) in [5.41, 5.74) is 2.60. The van der Waals surface area contributed by atoms with Gasteiger partial charge in [-0.2, -0.15) is 9.97 Å². The lowest BCUT2D eigenvalue weighted by Gasteiger charge is -2.17. The fraction of sp³-hybridized carbons (Fsp3) is 0.125. The van der Waals surface area contributed by atoms with Crippen molar-refractivity contribution >= 4 is 34.8 Å².